The molecule has 4 bridgehead atoms. The van der Waals surface area contributed by atoms with E-state index in [1.807, 2.05) is 0 Å². The molecule has 23 heavy (non-hydrogen) atoms. The molecular weight excluding hydrogens is 288 g/mol. The Bertz CT molecular complexity index is 553. The summed E-state index contributed by atoms with van der Waals surface area (Å²) in [5.74, 6) is 6.78. The van der Waals surface area contributed by atoms with Crippen LogP contribution >= 0.6 is 0 Å². The van der Waals surface area contributed by atoms with E-state index >= 15 is 0 Å². The fourth-order valence-electron chi connectivity index (χ4n) is 7.38. The number of fused-ring (bicyclic) bond motifs is 12. The molecule has 124 valence electrons. The first-order valence-corrected chi connectivity index (χ1v) is 9.37. The van der Waals surface area contributed by atoms with Crippen LogP contribution in [0, 0.1) is 47.3 Å². The number of esters is 1. The summed E-state index contributed by atoms with van der Waals surface area (Å²) in [6.45, 7) is 4.32. The molecule has 5 aliphatic carbocycles. The van der Waals surface area contributed by atoms with Crippen molar-refractivity contribution in [3.05, 3.63) is 24.8 Å². The fraction of sp³-hybridized carbons (Fsp3) is 0.750. The van der Waals surface area contributed by atoms with Gasteiger partial charge in [-0.05, 0) is 73.0 Å². The second-order valence-corrected chi connectivity index (χ2v) is 8.24. The van der Waals surface area contributed by atoms with E-state index in [-0.39, 0.29) is 5.97 Å². The lowest BCUT2D eigenvalue weighted by Crippen LogP contribution is -2.36. The van der Waals surface area contributed by atoms with Crippen LogP contribution < -0.4 is 0 Å². The van der Waals surface area contributed by atoms with Gasteiger partial charge in [0.25, 0.3) is 0 Å². The number of ether oxygens (including phenoxy) is 2. The summed E-state index contributed by atoms with van der Waals surface area (Å²) < 4.78 is 11.3. The Balaban J connectivity index is 1.26. The highest BCUT2D eigenvalue weighted by Crippen LogP contribution is 2.72. The van der Waals surface area contributed by atoms with Gasteiger partial charge in [0.15, 0.2) is 0 Å². The van der Waals surface area contributed by atoms with Crippen LogP contribution in [0.2, 0.25) is 0 Å². The van der Waals surface area contributed by atoms with Crippen molar-refractivity contribution in [1.29, 1.82) is 0 Å². The molecule has 0 amide bonds. The highest BCUT2D eigenvalue weighted by Gasteiger charge is 2.68. The molecule has 9 atom stereocenters. The fourth-order valence-corrected chi connectivity index (χ4v) is 7.38. The molecule has 0 aliphatic heterocycles. The Kier molecular flexibility index (Phi) is 3.23. The second kappa shape index (κ2) is 5.20. The number of rotatable bonds is 5. The molecule has 5 rings (SSSR count). The average Bonchev–Trinajstić information content (AvgIpc) is 3.33. The third kappa shape index (κ3) is 1.89. The number of carbonyl (C=O) groups is 1. The standard InChI is InChI=1S/C20H26O3/c1-2-17(21)22-8-9-23-20-13-6-7-14(20)19-16-10-15(18(13)19)11-4-3-5-12(11)16/h2-4,11-16,18-20H,1,5-10H2. The first kappa shape index (κ1) is 14.3. The molecule has 4 saturated carbocycles. The molecule has 0 aromatic rings. The van der Waals surface area contributed by atoms with E-state index in [0.29, 0.717) is 19.3 Å². The van der Waals surface area contributed by atoms with Crippen LogP contribution in [0.1, 0.15) is 25.7 Å². The molecule has 5 aliphatic rings. The van der Waals surface area contributed by atoms with E-state index in [2.05, 4.69) is 18.7 Å². The monoisotopic (exact) mass is 314 g/mol. The number of hydrogen-bond acceptors (Lipinski definition) is 3. The summed E-state index contributed by atoms with van der Waals surface area (Å²) in [6, 6.07) is 0. The van der Waals surface area contributed by atoms with E-state index in [1.165, 1.54) is 31.8 Å². The van der Waals surface area contributed by atoms with Crippen LogP contribution in [0.15, 0.2) is 24.8 Å². The normalized spacial score (nSPS) is 51.0. The molecule has 3 heteroatoms. The molecule has 0 heterocycles. The van der Waals surface area contributed by atoms with Crippen LogP contribution in [-0.2, 0) is 14.3 Å². The van der Waals surface area contributed by atoms with Crippen LogP contribution in [0.3, 0.4) is 0 Å². The predicted molar refractivity (Wildman–Crippen MR) is 86.4 cm³/mol. The van der Waals surface area contributed by atoms with Crippen molar-refractivity contribution in [3.63, 3.8) is 0 Å². The van der Waals surface area contributed by atoms with Crippen LogP contribution in [0.4, 0.5) is 0 Å². The third-order valence-electron chi connectivity index (χ3n) is 7.75. The molecule has 0 aromatic heterocycles. The van der Waals surface area contributed by atoms with Gasteiger partial charge in [0, 0.05) is 6.08 Å². The molecule has 0 N–H and O–H groups in total. The van der Waals surface area contributed by atoms with Gasteiger partial charge in [0.2, 0.25) is 0 Å². The zero-order chi connectivity index (χ0) is 15.6. The third-order valence-corrected chi connectivity index (χ3v) is 7.75. The number of carbonyl (C=O) groups excluding carboxylic acids is 1. The lowest BCUT2D eigenvalue weighted by molar-refractivity contribution is -0.140. The van der Waals surface area contributed by atoms with Gasteiger partial charge >= 0.3 is 5.97 Å². The zero-order valence-electron chi connectivity index (χ0n) is 13.6. The predicted octanol–water partition coefficient (Wildman–Crippen LogP) is 3.22. The molecule has 0 saturated heterocycles. The second-order valence-electron chi connectivity index (χ2n) is 8.24. The van der Waals surface area contributed by atoms with Crippen molar-refractivity contribution in [1.82, 2.24) is 0 Å². The van der Waals surface area contributed by atoms with Crippen molar-refractivity contribution in [2.45, 2.75) is 31.8 Å². The molecule has 4 fully saturated rings. The summed E-state index contributed by atoms with van der Waals surface area (Å²) in [5.41, 5.74) is 0. The van der Waals surface area contributed by atoms with Gasteiger partial charge in [-0.1, -0.05) is 18.7 Å². The minimum absolute atomic E-state index is 0.350. The van der Waals surface area contributed by atoms with Gasteiger partial charge in [-0.25, -0.2) is 4.79 Å². The molecule has 3 nitrogen and oxygen atoms in total. The first-order valence-electron chi connectivity index (χ1n) is 9.37. The van der Waals surface area contributed by atoms with Crippen molar-refractivity contribution < 1.29 is 14.3 Å². The van der Waals surface area contributed by atoms with Crippen molar-refractivity contribution in [2.24, 2.45) is 47.3 Å². The van der Waals surface area contributed by atoms with Crippen LogP contribution in [0.25, 0.3) is 0 Å². The first-order chi connectivity index (χ1) is 11.3. The lowest BCUT2D eigenvalue weighted by atomic mass is 9.64. The van der Waals surface area contributed by atoms with Crippen molar-refractivity contribution in [2.75, 3.05) is 13.2 Å². The highest BCUT2D eigenvalue weighted by atomic mass is 16.6. The van der Waals surface area contributed by atoms with Crippen molar-refractivity contribution >= 4 is 5.97 Å². The Morgan fingerprint density at radius 1 is 1.09 bits per heavy atom. The summed E-state index contributed by atoms with van der Waals surface area (Å²) in [7, 11) is 0. The van der Waals surface area contributed by atoms with E-state index in [9.17, 15) is 4.79 Å². The van der Waals surface area contributed by atoms with Gasteiger partial charge in [-0.2, -0.15) is 0 Å². The minimum atomic E-state index is -0.350. The molecule has 0 aromatic carbocycles. The van der Waals surface area contributed by atoms with Gasteiger partial charge in [0.1, 0.15) is 6.61 Å². The van der Waals surface area contributed by atoms with Gasteiger partial charge in [-0.15, -0.1) is 0 Å². The summed E-state index contributed by atoms with van der Waals surface area (Å²) >= 11 is 0. The zero-order valence-corrected chi connectivity index (χ0v) is 13.6. The number of hydrogen-bond donors (Lipinski definition) is 0. The maximum atomic E-state index is 11.1. The topological polar surface area (TPSA) is 35.5 Å². The Labute approximate surface area is 138 Å². The van der Waals surface area contributed by atoms with Crippen LogP contribution in [-0.4, -0.2) is 25.3 Å². The number of allylic oxidation sites excluding steroid dienone is 2. The minimum Gasteiger partial charge on any atom is -0.460 e. The molecule has 0 spiro atoms. The largest absolute Gasteiger partial charge is 0.460 e. The molecule has 9 unspecified atom stereocenters. The highest BCUT2D eigenvalue weighted by molar-refractivity contribution is 5.81. The average molecular weight is 314 g/mol. The Hall–Kier alpha value is -1.09. The summed E-state index contributed by atoms with van der Waals surface area (Å²) in [4.78, 5) is 11.1. The molecular formula is C20H26O3. The van der Waals surface area contributed by atoms with Gasteiger partial charge in [-0.3, -0.25) is 0 Å². The maximum Gasteiger partial charge on any atom is 0.330 e. The van der Waals surface area contributed by atoms with E-state index in [4.69, 9.17) is 9.47 Å². The van der Waals surface area contributed by atoms with E-state index in [1.54, 1.807) is 0 Å². The van der Waals surface area contributed by atoms with Crippen molar-refractivity contribution in [3.8, 4) is 0 Å². The van der Waals surface area contributed by atoms with Gasteiger partial charge < -0.3 is 9.47 Å². The van der Waals surface area contributed by atoms with E-state index < -0.39 is 0 Å². The molecule has 0 radical (unpaired) electrons. The lowest BCUT2D eigenvalue weighted by Gasteiger charge is -2.40. The summed E-state index contributed by atoms with van der Waals surface area (Å²) in [5, 5.41) is 0. The Morgan fingerprint density at radius 3 is 2.65 bits per heavy atom. The van der Waals surface area contributed by atoms with Gasteiger partial charge in [0.05, 0.1) is 12.7 Å². The van der Waals surface area contributed by atoms with E-state index in [0.717, 1.165) is 47.3 Å². The smallest absolute Gasteiger partial charge is 0.330 e. The SMILES string of the molecule is C=CC(=O)OCCOC1C2CCC1C1C3CC(C4C=CCC43)C21. The maximum absolute atomic E-state index is 11.1. The Morgan fingerprint density at radius 2 is 1.87 bits per heavy atom. The summed E-state index contributed by atoms with van der Waals surface area (Å²) in [6.07, 6.45) is 12.2. The quantitative estimate of drug-likeness (QED) is 0.257. The van der Waals surface area contributed by atoms with Crippen LogP contribution in [0.5, 0.6) is 0 Å².